The van der Waals surface area contributed by atoms with Gasteiger partial charge in [-0.15, -0.1) is 0 Å². The summed E-state index contributed by atoms with van der Waals surface area (Å²) >= 11 is 0. The topological polar surface area (TPSA) is 35.2 Å². The number of nitrogens with two attached hydrogens (primary N) is 1. The summed E-state index contributed by atoms with van der Waals surface area (Å²) < 4.78 is 5.66. The third kappa shape index (κ3) is 2.56. The third-order valence-corrected chi connectivity index (χ3v) is 3.49. The van der Waals surface area contributed by atoms with Gasteiger partial charge in [-0.25, -0.2) is 0 Å². The van der Waals surface area contributed by atoms with Gasteiger partial charge in [-0.3, -0.25) is 0 Å². The zero-order valence-corrected chi connectivity index (χ0v) is 9.99. The Kier molecular flexibility index (Phi) is 3.83. The van der Waals surface area contributed by atoms with Gasteiger partial charge in [0.1, 0.15) is 5.75 Å². The van der Waals surface area contributed by atoms with E-state index in [4.69, 9.17) is 10.5 Å². The van der Waals surface area contributed by atoms with E-state index in [2.05, 4.69) is 25.1 Å². The second-order valence-corrected chi connectivity index (χ2v) is 4.79. The fourth-order valence-corrected chi connectivity index (χ4v) is 2.32. The molecular weight excluding hydrogens is 198 g/mol. The van der Waals surface area contributed by atoms with Crippen LogP contribution in [0.5, 0.6) is 5.75 Å². The summed E-state index contributed by atoms with van der Waals surface area (Å²) in [6.07, 6.45) is 3.60. The largest absolute Gasteiger partial charge is 0.493 e. The van der Waals surface area contributed by atoms with Crippen LogP contribution in [0.3, 0.4) is 0 Å². The van der Waals surface area contributed by atoms with Crippen molar-refractivity contribution in [2.24, 2.45) is 11.7 Å². The number of fused-ring (bicyclic) bond motifs is 1. The van der Waals surface area contributed by atoms with Crippen molar-refractivity contribution in [3.8, 4) is 5.75 Å². The van der Waals surface area contributed by atoms with Gasteiger partial charge >= 0.3 is 0 Å². The molecule has 0 fully saturated rings. The van der Waals surface area contributed by atoms with Gasteiger partial charge in [0.05, 0.1) is 6.61 Å². The lowest BCUT2D eigenvalue weighted by molar-refractivity contribution is 0.258. The molecule has 2 unspecified atom stereocenters. The minimum absolute atomic E-state index is 0.634. The number of rotatable bonds is 4. The predicted molar refractivity (Wildman–Crippen MR) is 66.7 cm³/mol. The molecule has 2 nitrogen and oxygen atoms in total. The molecule has 1 heterocycles. The maximum Gasteiger partial charge on any atom is 0.122 e. The minimum Gasteiger partial charge on any atom is -0.493 e. The van der Waals surface area contributed by atoms with E-state index in [0.717, 1.165) is 25.3 Å². The van der Waals surface area contributed by atoms with Crippen molar-refractivity contribution in [1.29, 1.82) is 0 Å². The van der Waals surface area contributed by atoms with Crippen molar-refractivity contribution in [1.82, 2.24) is 0 Å². The van der Waals surface area contributed by atoms with E-state index in [0.29, 0.717) is 11.8 Å². The molecule has 2 N–H and O–H groups in total. The van der Waals surface area contributed by atoms with Crippen LogP contribution in [0.15, 0.2) is 24.3 Å². The van der Waals surface area contributed by atoms with Gasteiger partial charge in [-0.2, -0.15) is 0 Å². The summed E-state index contributed by atoms with van der Waals surface area (Å²) in [5, 5.41) is 0. The number of ether oxygens (including phenoxy) is 1. The maximum absolute atomic E-state index is 5.66. The molecule has 88 valence electrons. The summed E-state index contributed by atoms with van der Waals surface area (Å²) in [6.45, 7) is 3.88. The van der Waals surface area contributed by atoms with Gasteiger partial charge in [0.25, 0.3) is 0 Å². The summed E-state index contributed by atoms with van der Waals surface area (Å²) in [6, 6.07) is 8.43. The Morgan fingerprint density at radius 3 is 3.06 bits per heavy atom. The molecule has 0 aliphatic carbocycles. The second-order valence-electron chi connectivity index (χ2n) is 4.79. The molecule has 2 rings (SSSR count). The normalized spacial score (nSPS) is 21.0. The molecule has 1 aromatic rings. The van der Waals surface area contributed by atoms with Gasteiger partial charge in [-0.05, 0) is 49.3 Å². The fraction of sp³-hybridized carbons (Fsp3) is 0.571. The van der Waals surface area contributed by atoms with E-state index in [9.17, 15) is 0 Å². The molecule has 2 heteroatoms. The van der Waals surface area contributed by atoms with Crippen LogP contribution in [0.1, 0.15) is 37.7 Å². The van der Waals surface area contributed by atoms with E-state index in [1.54, 1.807) is 0 Å². The number of hydrogen-bond acceptors (Lipinski definition) is 2. The van der Waals surface area contributed by atoms with Gasteiger partial charge < -0.3 is 10.5 Å². The first-order chi connectivity index (χ1) is 7.81. The van der Waals surface area contributed by atoms with Crippen LogP contribution in [0, 0.1) is 5.92 Å². The van der Waals surface area contributed by atoms with Gasteiger partial charge in [0.2, 0.25) is 0 Å². The van der Waals surface area contributed by atoms with Gasteiger partial charge in [0.15, 0.2) is 0 Å². The number of para-hydroxylation sites is 1. The lowest BCUT2D eigenvalue weighted by atomic mass is 9.87. The van der Waals surface area contributed by atoms with Crippen molar-refractivity contribution in [3.63, 3.8) is 0 Å². The molecule has 1 aliphatic rings. The Morgan fingerprint density at radius 2 is 2.25 bits per heavy atom. The highest BCUT2D eigenvalue weighted by atomic mass is 16.5. The second kappa shape index (κ2) is 5.35. The molecule has 1 aliphatic heterocycles. The first kappa shape index (κ1) is 11.5. The van der Waals surface area contributed by atoms with Gasteiger partial charge in [0, 0.05) is 0 Å². The van der Waals surface area contributed by atoms with Crippen molar-refractivity contribution in [2.75, 3.05) is 13.2 Å². The zero-order chi connectivity index (χ0) is 11.4. The van der Waals surface area contributed by atoms with Gasteiger partial charge in [-0.1, -0.05) is 25.1 Å². The van der Waals surface area contributed by atoms with E-state index in [1.165, 1.54) is 18.4 Å². The maximum atomic E-state index is 5.66. The van der Waals surface area contributed by atoms with E-state index in [-0.39, 0.29) is 0 Å². The first-order valence-corrected chi connectivity index (χ1v) is 6.23. The highest BCUT2D eigenvalue weighted by Crippen LogP contribution is 2.36. The molecule has 0 bridgehead atoms. The first-order valence-electron chi connectivity index (χ1n) is 6.23. The van der Waals surface area contributed by atoms with Crippen LogP contribution in [0.4, 0.5) is 0 Å². The smallest absolute Gasteiger partial charge is 0.122 e. The minimum atomic E-state index is 0.634. The van der Waals surface area contributed by atoms with E-state index in [1.807, 2.05) is 6.07 Å². The van der Waals surface area contributed by atoms with Crippen LogP contribution < -0.4 is 10.5 Å². The SMILES string of the molecule is CC(CN)CCC1CCOc2ccccc21. The number of benzene rings is 1. The summed E-state index contributed by atoms with van der Waals surface area (Å²) in [4.78, 5) is 0. The molecule has 0 saturated heterocycles. The van der Waals surface area contributed by atoms with Crippen LogP contribution in [-0.4, -0.2) is 13.2 Å². The van der Waals surface area contributed by atoms with Crippen molar-refractivity contribution < 1.29 is 4.74 Å². The summed E-state index contributed by atoms with van der Waals surface area (Å²) in [5.41, 5.74) is 7.04. The van der Waals surface area contributed by atoms with Crippen LogP contribution in [0.2, 0.25) is 0 Å². The van der Waals surface area contributed by atoms with E-state index >= 15 is 0 Å². The zero-order valence-electron chi connectivity index (χ0n) is 9.99. The lowest BCUT2D eigenvalue weighted by Crippen LogP contribution is -2.16. The van der Waals surface area contributed by atoms with Crippen LogP contribution in [0.25, 0.3) is 0 Å². The molecule has 16 heavy (non-hydrogen) atoms. The van der Waals surface area contributed by atoms with Crippen LogP contribution in [-0.2, 0) is 0 Å². The Hall–Kier alpha value is -1.02. The molecule has 2 atom stereocenters. The van der Waals surface area contributed by atoms with Crippen molar-refractivity contribution in [3.05, 3.63) is 29.8 Å². The Morgan fingerprint density at radius 1 is 1.44 bits per heavy atom. The quantitative estimate of drug-likeness (QED) is 0.845. The number of hydrogen-bond donors (Lipinski definition) is 1. The summed E-state index contributed by atoms with van der Waals surface area (Å²) in [7, 11) is 0. The fourth-order valence-electron chi connectivity index (χ4n) is 2.32. The summed E-state index contributed by atoms with van der Waals surface area (Å²) in [5.74, 6) is 2.38. The van der Waals surface area contributed by atoms with Crippen LogP contribution >= 0.6 is 0 Å². The third-order valence-electron chi connectivity index (χ3n) is 3.49. The Bertz CT molecular complexity index is 337. The highest BCUT2D eigenvalue weighted by molar-refractivity contribution is 5.37. The van der Waals surface area contributed by atoms with Crippen molar-refractivity contribution in [2.45, 2.75) is 32.1 Å². The molecule has 0 spiro atoms. The molecule has 0 radical (unpaired) electrons. The predicted octanol–water partition coefficient (Wildman–Crippen LogP) is 2.93. The average molecular weight is 219 g/mol. The Balaban J connectivity index is 2.01. The van der Waals surface area contributed by atoms with E-state index < -0.39 is 0 Å². The van der Waals surface area contributed by atoms with Crippen molar-refractivity contribution >= 4 is 0 Å². The molecular formula is C14H21NO. The molecule has 0 aromatic heterocycles. The highest BCUT2D eigenvalue weighted by Gasteiger charge is 2.20. The molecule has 1 aromatic carbocycles. The molecule has 0 amide bonds. The molecule has 0 saturated carbocycles. The monoisotopic (exact) mass is 219 g/mol. The average Bonchev–Trinajstić information content (AvgIpc) is 2.35. The standard InChI is InChI=1S/C14H21NO/c1-11(10-15)6-7-12-8-9-16-14-5-3-2-4-13(12)14/h2-5,11-12H,6-10,15H2,1H3. The Labute approximate surface area is 97.8 Å². The lowest BCUT2D eigenvalue weighted by Gasteiger charge is -2.26.